The number of carbonyl (C=O) groups is 11. The molecule has 0 aromatic rings. The molecule has 0 saturated heterocycles. The summed E-state index contributed by atoms with van der Waals surface area (Å²) in [6, 6.07) is -8.53. The molecule has 0 bridgehead atoms. The third kappa shape index (κ3) is 24.0. The summed E-state index contributed by atoms with van der Waals surface area (Å²) < 4.78 is -0.0510. The Morgan fingerprint density at radius 3 is 1.29 bits per heavy atom. The van der Waals surface area contributed by atoms with E-state index in [4.69, 9.17) is 10.2 Å². The maximum Gasteiger partial charge on any atom is 0.326 e. The van der Waals surface area contributed by atoms with Gasteiger partial charge in [0.1, 0.15) is 30.2 Å². The maximum atomic E-state index is 12.6. The van der Waals surface area contributed by atoms with Crippen molar-refractivity contribution >= 4 is 86.9 Å². The first-order valence-electron chi connectivity index (χ1n) is 16.6. The molecule has 310 valence electrons. The Kier molecular flexibility index (Phi) is 22.7. The van der Waals surface area contributed by atoms with Crippen molar-refractivity contribution < 1.29 is 78.3 Å². The van der Waals surface area contributed by atoms with Crippen LogP contribution in [0, 0.1) is 0 Å². The molecule has 5 unspecified atom stereocenters. The van der Waals surface area contributed by atoms with E-state index in [1.165, 1.54) is 17.7 Å². The summed E-state index contributed by atoms with van der Waals surface area (Å²) in [4.78, 5) is 131. The number of hydrogen-bond donors (Lipinski definition) is 11. The van der Waals surface area contributed by atoms with Gasteiger partial charge in [0.25, 0.3) is 0 Å². The van der Waals surface area contributed by atoms with Gasteiger partial charge in [-0.2, -0.15) is 0 Å². The topological polar surface area (TPSA) is 361 Å². The second-order valence-electron chi connectivity index (χ2n) is 12.9. The van der Waals surface area contributed by atoms with E-state index in [1.807, 2.05) is 31.4 Å². The van der Waals surface area contributed by atoms with E-state index in [1.54, 1.807) is 16.1 Å². The predicted octanol–water partition coefficient (Wildman–Crippen LogP) is -1.73. The van der Waals surface area contributed by atoms with Crippen LogP contribution in [0.4, 0.5) is 0 Å². The van der Waals surface area contributed by atoms with Crippen LogP contribution in [0.3, 0.4) is 0 Å². The highest BCUT2D eigenvalue weighted by molar-refractivity contribution is 8.77. The highest BCUT2D eigenvalue weighted by atomic mass is 33.1. The summed E-state index contributed by atoms with van der Waals surface area (Å²) in [6.45, 7) is 7.58. The first kappa shape index (κ1) is 49.9. The summed E-state index contributed by atoms with van der Waals surface area (Å²) in [5.41, 5.74) is 0. The molecule has 0 aliphatic rings. The van der Waals surface area contributed by atoms with Crippen molar-refractivity contribution in [1.29, 1.82) is 0 Å². The van der Waals surface area contributed by atoms with Crippen molar-refractivity contribution in [2.24, 2.45) is 0 Å². The highest BCUT2D eigenvalue weighted by Gasteiger charge is 2.31. The minimum absolute atomic E-state index is 0.0510. The summed E-state index contributed by atoms with van der Waals surface area (Å²) in [7, 11) is 3.01. The molecule has 55 heavy (non-hydrogen) atoms. The Hall–Kier alpha value is -5.13. The van der Waals surface area contributed by atoms with E-state index in [-0.39, 0.29) is 35.9 Å². The number of carbonyl (C=O) groups excluding carboxylic acids is 6. The van der Waals surface area contributed by atoms with Gasteiger partial charge in [0, 0.05) is 30.4 Å². The molecule has 0 aliphatic carbocycles. The Morgan fingerprint density at radius 1 is 0.527 bits per heavy atom. The third-order valence-electron chi connectivity index (χ3n) is 6.70. The van der Waals surface area contributed by atoms with Gasteiger partial charge in [-0.05, 0) is 12.8 Å². The van der Waals surface area contributed by atoms with Gasteiger partial charge in [0.05, 0.1) is 25.7 Å². The Bertz CT molecular complexity index is 1440. The normalized spacial score (nSPS) is 13.7. The number of aliphatic carboxylic acids is 5. The van der Waals surface area contributed by atoms with Crippen LogP contribution in [0.1, 0.15) is 79.1 Å². The molecule has 0 heterocycles. The van der Waals surface area contributed by atoms with Crippen LogP contribution in [0.15, 0.2) is 0 Å². The number of nitrogens with one attached hydrogen (secondary N) is 6. The number of rotatable bonds is 27. The van der Waals surface area contributed by atoms with Crippen molar-refractivity contribution in [1.82, 2.24) is 31.9 Å². The van der Waals surface area contributed by atoms with E-state index in [0.717, 1.165) is 0 Å². The van der Waals surface area contributed by atoms with Crippen molar-refractivity contribution in [2.45, 2.75) is 114 Å². The Balaban J connectivity index is 4.97. The van der Waals surface area contributed by atoms with Gasteiger partial charge in [-0.15, -0.1) is 0 Å². The molecule has 0 aliphatic heterocycles. The molecule has 5 atom stereocenters. The minimum atomic E-state index is -2.03. The van der Waals surface area contributed by atoms with Gasteiger partial charge >= 0.3 is 29.8 Å². The van der Waals surface area contributed by atoms with Gasteiger partial charge in [-0.1, -0.05) is 48.8 Å². The molecule has 0 rings (SSSR count). The first-order chi connectivity index (χ1) is 25.4. The summed E-state index contributed by atoms with van der Waals surface area (Å²) in [5, 5.41) is 59.1. The van der Waals surface area contributed by atoms with Crippen LogP contribution in [-0.4, -0.2) is 138 Å². The fraction of sp³-hybridized carbons (Fsp3) is 0.645. The average molecular weight is 825 g/mol. The van der Waals surface area contributed by atoms with E-state index in [0.29, 0.717) is 18.6 Å². The lowest BCUT2D eigenvalue weighted by Gasteiger charge is -2.20. The fourth-order valence-corrected chi connectivity index (χ4v) is 6.65. The zero-order valence-electron chi connectivity index (χ0n) is 30.5. The molecule has 22 nitrogen and oxygen atoms in total. The van der Waals surface area contributed by atoms with Crippen LogP contribution in [-0.2, 0) is 52.7 Å². The van der Waals surface area contributed by atoms with Gasteiger partial charge < -0.3 is 57.4 Å². The SMILES string of the molecule is CC(=O)NC(CSSC(C)(C)C)C(=O)NCCCCCC(=O)NC(CC(=O)NC(CC(=O)NC(CC(=O)NC(CC(=O)O)C(=O)O)C(=O)O)C(=O)O)C(=O)O. The number of carboxylic acids is 5. The lowest BCUT2D eigenvalue weighted by Crippen LogP contribution is -2.51. The molecule has 0 saturated carbocycles. The molecule has 0 fully saturated rings. The fourth-order valence-electron chi connectivity index (χ4n) is 4.19. The average Bonchev–Trinajstić information content (AvgIpc) is 3.03. The van der Waals surface area contributed by atoms with Crippen LogP contribution in [0.5, 0.6) is 0 Å². The number of carboxylic acid groups (broad SMARTS) is 5. The molecular weight excluding hydrogens is 777 g/mol. The van der Waals surface area contributed by atoms with Crippen molar-refractivity contribution in [2.75, 3.05) is 12.3 Å². The predicted molar refractivity (Wildman–Crippen MR) is 193 cm³/mol. The lowest BCUT2D eigenvalue weighted by molar-refractivity contribution is -0.148. The number of unbranched alkanes of at least 4 members (excludes halogenated alkanes) is 2. The quantitative estimate of drug-likeness (QED) is 0.0324. The zero-order chi connectivity index (χ0) is 42.5. The van der Waals surface area contributed by atoms with E-state index in [2.05, 4.69) is 16.0 Å². The van der Waals surface area contributed by atoms with Gasteiger partial charge in [-0.3, -0.25) is 33.6 Å². The zero-order valence-corrected chi connectivity index (χ0v) is 32.1. The first-order valence-corrected chi connectivity index (χ1v) is 18.9. The summed E-state index contributed by atoms with van der Waals surface area (Å²) in [5.74, 6) is -13.5. The molecule has 0 spiro atoms. The standard InChI is InChI=1S/C31H48N6O16S2/c1-15(38)33-20(14-54-55-31(2,3)4)26(45)32-9-7-5-6-8-21(39)34-16(27(46)47)10-22(40)35-17(28(48)49)11-23(41)36-18(29(50)51)12-24(42)37-19(30(52)53)13-25(43)44/h16-20H,5-14H2,1-4H3,(H,32,45)(H,33,38)(H,34,39)(H,35,40)(H,36,41)(H,37,42)(H,43,44)(H,46,47)(H,48,49)(H,50,51)(H,52,53). The second kappa shape index (κ2) is 25.0. The van der Waals surface area contributed by atoms with Crippen LogP contribution in [0.25, 0.3) is 0 Å². The molecule has 24 heteroatoms. The molecule has 0 aromatic carbocycles. The van der Waals surface area contributed by atoms with Gasteiger partial charge in [0.2, 0.25) is 35.4 Å². The summed E-state index contributed by atoms with van der Waals surface area (Å²) >= 11 is 0. The summed E-state index contributed by atoms with van der Waals surface area (Å²) in [6.07, 6.45) is -3.19. The molecule has 11 N–H and O–H groups in total. The Labute approximate surface area is 322 Å². The molecular formula is C31H48N6O16S2. The largest absolute Gasteiger partial charge is 0.481 e. The van der Waals surface area contributed by atoms with Gasteiger partial charge in [0.15, 0.2) is 0 Å². The molecule has 6 amide bonds. The van der Waals surface area contributed by atoms with Crippen molar-refractivity contribution in [3.63, 3.8) is 0 Å². The second-order valence-corrected chi connectivity index (χ2v) is 16.0. The van der Waals surface area contributed by atoms with Gasteiger partial charge in [-0.25, -0.2) is 19.2 Å². The van der Waals surface area contributed by atoms with Crippen molar-refractivity contribution in [3.8, 4) is 0 Å². The van der Waals surface area contributed by atoms with Crippen LogP contribution < -0.4 is 31.9 Å². The maximum absolute atomic E-state index is 12.6. The lowest BCUT2D eigenvalue weighted by atomic mass is 10.1. The third-order valence-corrected chi connectivity index (χ3v) is 10.0. The van der Waals surface area contributed by atoms with Crippen LogP contribution in [0.2, 0.25) is 0 Å². The van der Waals surface area contributed by atoms with E-state index >= 15 is 0 Å². The minimum Gasteiger partial charge on any atom is -0.481 e. The monoisotopic (exact) mass is 824 g/mol. The van der Waals surface area contributed by atoms with Crippen molar-refractivity contribution in [3.05, 3.63) is 0 Å². The van der Waals surface area contributed by atoms with E-state index in [9.17, 15) is 68.1 Å². The number of amides is 6. The molecule has 0 aromatic heterocycles. The number of hydrogen-bond acceptors (Lipinski definition) is 13. The Morgan fingerprint density at radius 2 is 0.927 bits per heavy atom. The molecule has 0 radical (unpaired) electrons. The van der Waals surface area contributed by atoms with Crippen LogP contribution >= 0.6 is 21.6 Å². The highest BCUT2D eigenvalue weighted by Crippen LogP contribution is 2.35. The smallest absolute Gasteiger partial charge is 0.326 e. The van der Waals surface area contributed by atoms with E-state index < -0.39 is 109 Å².